The van der Waals surface area contributed by atoms with Crippen LogP contribution in [0.5, 0.6) is 0 Å². The van der Waals surface area contributed by atoms with Gasteiger partial charge in [0.05, 0.1) is 0 Å². The number of aromatic nitrogens is 1. The summed E-state index contributed by atoms with van der Waals surface area (Å²) in [4.78, 5) is 0. The van der Waals surface area contributed by atoms with Gasteiger partial charge in [0.25, 0.3) is 0 Å². The van der Waals surface area contributed by atoms with Gasteiger partial charge in [-0.1, -0.05) is 37.3 Å². The van der Waals surface area contributed by atoms with Gasteiger partial charge in [-0.15, -0.1) is 0 Å². The zero-order valence-electron chi connectivity index (χ0n) is 12.7. The van der Waals surface area contributed by atoms with Crippen LogP contribution in [0.15, 0.2) is 48.7 Å². The monoisotopic (exact) mass is 270 g/mol. The van der Waals surface area contributed by atoms with Crippen LogP contribution in [0, 0.1) is 0 Å². The van der Waals surface area contributed by atoms with Crippen LogP contribution in [0.4, 0.5) is 0 Å². The third kappa shape index (κ3) is 4.24. The lowest BCUT2D eigenvalue weighted by Gasteiger charge is -2.16. The molecule has 0 spiro atoms. The van der Waals surface area contributed by atoms with Crippen molar-refractivity contribution in [2.75, 3.05) is 6.54 Å². The van der Waals surface area contributed by atoms with Crippen molar-refractivity contribution < 1.29 is 0 Å². The lowest BCUT2D eigenvalue weighted by atomic mass is 10.1. The standard InChI is InChI=1S/C18H26N2/c1-3-19-16(2)18-13-9-15-20(18)14-8-7-12-17-10-5-4-6-11-17/h4-6,9-11,13,15-16,19H,3,7-8,12,14H2,1-2H3. The van der Waals surface area contributed by atoms with E-state index in [9.17, 15) is 0 Å². The molecule has 0 aliphatic rings. The van der Waals surface area contributed by atoms with Crippen LogP contribution >= 0.6 is 0 Å². The fourth-order valence-electron chi connectivity index (χ4n) is 2.69. The number of rotatable bonds is 8. The largest absolute Gasteiger partial charge is 0.350 e. The van der Waals surface area contributed by atoms with Gasteiger partial charge in [0, 0.05) is 24.5 Å². The van der Waals surface area contributed by atoms with E-state index in [0.717, 1.165) is 13.1 Å². The van der Waals surface area contributed by atoms with Crippen molar-refractivity contribution >= 4 is 0 Å². The molecule has 2 rings (SSSR count). The molecule has 2 aromatic rings. The Bertz CT molecular complexity index is 487. The number of benzene rings is 1. The van der Waals surface area contributed by atoms with Crippen LogP contribution in [0.3, 0.4) is 0 Å². The Morgan fingerprint density at radius 3 is 2.60 bits per heavy atom. The van der Waals surface area contributed by atoms with Gasteiger partial charge in [0.2, 0.25) is 0 Å². The highest BCUT2D eigenvalue weighted by Crippen LogP contribution is 2.14. The van der Waals surface area contributed by atoms with Crippen molar-refractivity contribution in [3.05, 3.63) is 59.9 Å². The summed E-state index contributed by atoms with van der Waals surface area (Å²) in [7, 11) is 0. The van der Waals surface area contributed by atoms with Gasteiger partial charge >= 0.3 is 0 Å². The average molecular weight is 270 g/mol. The minimum Gasteiger partial charge on any atom is -0.350 e. The van der Waals surface area contributed by atoms with Gasteiger partial charge in [-0.3, -0.25) is 0 Å². The number of aryl methyl sites for hydroxylation is 2. The summed E-state index contributed by atoms with van der Waals surface area (Å²) in [5.74, 6) is 0. The summed E-state index contributed by atoms with van der Waals surface area (Å²) in [5.41, 5.74) is 2.84. The predicted molar refractivity (Wildman–Crippen MR) is 85.9 cm³/mol. The Morgan fingerprint density at radius 1 is 1.05 bits per heavy atom. The van der Waals surface area contributed by atoms with Crippen molar-refractivity contribution in [3.8, 4) is 0 Å². The van der Waals surface area contributed by atoms with Crippen molar-refractivity contribution in [2.45, 2.75) is 45.7 Å². The molecule has 0 saturated heterocycles. The predicted octanol–water partition coefficient (Wildman–Crippen LogP) is 4.18. The van der Waals surface area contributed by atoms with E-state index in [1.165, 1.54) is 30.5 Å². The second-order valence-electron chi connectivity index (χ2n) is 5.35. The molecule has 1 aromatic carbocycles. The third-order valence-corrected chi connectivity index (χ3v) is 3.78. The third-order valence-electron chi connectivity index (χ3n) is 3.78. The Balaban J connectivity index is 1.78. The van der Waals surface area contributed by atoms with Gasteiger partial charge in [0.15, 0.2) is 0 Å². The fourth-order valence-corrected chi connectivity index (χ4v) is 2.69. The topological polar surface area (TPSA) is 17.0 Å². The van der Waals surface area contributed by atoms with Gasteiger partial charge in [-0.2, -0.15) is 0 Å². The maximum atomic E-state index is 3.48. The lowest BCUT2D eigenvalue weighted by molar-refractivity contribution is 0.522. The molecular formula is C18H26N2. The van der Waals surface area contributed by atoms with E-state index in [1.807, 2.05) is 0 Å². The van der Waals surface area contributed by atoms with Crippen LogP contribution in [0.2, 0.25) is 0 Å². The highest BCUT2D eigenvalue weighted by molar-refractivity contribution is 5.14. The zero-order chi connectivity index (χ0) is 14.2. The smallest absolute Gasteiger partial charge is 0.0446 e. The SMILES string of the molecule is CCNC(C)c1cccn1CCCCc1ccccc1. The quantitative estimate of drug-likeness (QED) is 0.712. The number of hydrogen-bond acceptors (Lipinski definition) is 1. The molecule has 1 atom stereocenters. The second-order valence-corrected chi connectivity index (χ2v) is 5.35. The molecule has 0 aliphatic heterocycles. The second kappa shape index (κ2) is 7.91. The van der Waals surface area contributed by atoms with E-state index in [0.29, 0.717) is 6.04 Å². The van der Waals surface area contributed by atoms with Crippen LogP contribution in [0.25, 0.3) is 0 Å². The first-order chi connectivity index (χ1) is 9.81. The van der Waals surface area contributed by atoms with E-state index in [2.05, 4.69) is 72.4 Å². The molecule has 2 heteroatoms. The molecule has 1 heterocycles. The van der Waals surface area contributed by atoms with Gasteiger partial charge in [-0.25, -0.2) is 0 Å². The Kier molecular flexibility index (Phi) is 5.87. The molecule has 1 aromatic heterocycles. The summed E-state index contributed by atoms with van der Waals surface area (Å²) in [6.45, 7) is 6.52. The Labute approximate surface area is 122 Å². The van der Waals surface area contributed by atoms with Gasteiger partial charge in [-0.05, 0) is 50.4 Å². The molecule has 1 N–H and O–H groups in total. The molecule has 0 bridgehead atoms. The normalized spacial score (nSPS) is 12.5. The van der Waals surface area contributed by atoms with E-state index in [1.54, 1.807) is 0 Å². The molecule has 108 valence electrons. The van der Waals surface area contributed by atoms with E-state index in [4.69, 9.17) is 0 Å². The molecule has 1 unspecified atom stereocenters. The van der Waals surface area contributed by atoms with Crippen LogP contribution in [0.1, 0.15) is 44.0 Å². The van der Waals surface area contributed by atoms with Crippen LogP contribution in [-0.2, 0) is 13.0 Å². The fraction of sp³-hybridized carbons (Fsp3) is 0.444. The van der Waals surface area contributed by atoms with Crippen molar-refractivity contribution in [3.63, 3.8) is 0 Å². The lowest BCUT2D eigenvalue weighted by Crippen LogP contribution is -2.20. The minimum atomic E-state index is 0.434. The summed E-state index contributed by atoms with van der Waals surface area (Å²) in [6.07, 6.45) is 5.86. The summed E-state index contributed by atoms with van der Waals surface area (Å²) in [6, 6.07) is 15.6. The molecule has 0 aliphatic carbocycles. The van der Waals surface area contributed by atoms with E-state index < -0.39 is 0 Å². The minimum absolute atomic E-state index is 0.434. The van der Waals surface area contributed by atoms with Crippen molar-refractivity contribution in [2.24, 2.45) is 0 Å². The first-order valence-corrected chi connectivity index (χ1v) is 7.73. The highest BCUT2D eigenvalue weighted by atomic mass is 15.0. The molecular weight excluding hydrogens is 244 g/mol. The molecule has 2 nitrogen and oxygen atoms in total. The summed E-state index contributed by atoms with van der Waals surface area (Å²) >= 11 is 0. The Hall–Kier alpha value is -1.54. The number of unbranched alkanes of at least 4 members (excludes halogenated alkanes) is 1. The van der Waals surface area contributed by atoms with Crippen molar-refractivity contribution in [1.82, 2.24) is 9.88 Å². The molecule has 0 amide bonds. The number of nitrogens with one attached hydrogen (secondary N) is 1. The maximum absolute atomic E-state index is 3.48. The zero-order valence-corrected chi connectivity index (χ0v) is 12.7. The average Bonchev–Trinajstić information content (AvgIpc) is 2.93. The van der Waals surface area contributed by atoms with Crippen LogP contribution in [-0.4, -0.2) is 11.1 Å². The molecule has 0 radical (unpaired) electrons. The first-order valence-electron chi connectivity index (χ1n) is 7.73. The Morgan fingerprint density at radius 2 is 1.85 bits per heavy atom. The van der Waals surface area contributed by atoms with Gasteiger partial charge < -0.3 is 9.88 Å². The maximum Gasteiger partial charge on any atom is 0.0446 e. The number of nitrogens with zero attached hydrogens (tertiary/aromatic N) is 1. The van der Waals surface area contributed by atoms with E-state index >= 15 is 0 Å². The molecule has 0 fully saturated rings. The van der Waals surface area contributed by atoms with Crippen LogP contribution < -0.4 is 5.32 Å². The first kappa shape index (κ1) is 14.9. The summed E-state index contributed by atoms with van der Waals surface area (Å²) in [5, 5.41) is 3.48. The van der Waals surface area contributed by atoms with Crippen molar-refractivity contribution in [1.29, 1.82) is 0 Å². The highest BCUT2D eigenvalue weighted by Gasteiger charge is 2.08. The number of hydrogen-bond donors (Lipinski definition) is 1. The summed E-state index contributed by atoms with van der Waals surface area (Å²) < 4.78 is 2.39. The molecule has 20 heavy (non-hydrogen) atoms. The molecule has 0 saturated carbocycles. The van der Waals surface area contributed by atoms with E-state index in [-0.39, 0.29) is 0 Å². The van der Waals surface area contributed by atoms with Gasteiger partial charge in [0.1, 0.15) is 0 Å².